The van der Waals surface area contributed by atoms with Crippen LogP contribution in [0, 0.1) is 0 Å². The number of amides is 2. The molecular weight excluding hydrogens is 1830 g/mol. The van der Waals surface area contributed by atoms with Gasteiger partial charge in [0.1, 0.15) is 43.6 Å². The summed E-state index contributed by atoms with van der Waals surface area (Å²) in [6.45, 7) is 12.7. The minimum atomic E-state index is -4.77. The molecule has 0 aliphatic carbocycles. The molecule has 794 valence electrons. The number of hydrogen-bond acceptors (Lipinski definition) is 20. The minimum Gasteiger partial charge on any atom is -0.606 e. The second-order valence-corrected chi connectivity index (χ2v) is 41.3. The maximum Gasteiger partial charge on any atom is 0.380 e. The summed E-state index contributed by atoms with van der Waals surface area (Å²) in [4.78, 5) is 80.0. The number of benzene rings is 7. The molecule has 22 nitrogen and oxygen atoms in total. The number of esters is 2. The normalized spacial score (nSPS) is 19.7. The van der Waals surface area contributed by atoms with Crippen LogP contribution in [0.4, 0.5) is 0 Å². The quantitative estimate of drug-likeness (QED) is 0.0155. The van der Waals surface area contributed by atoms with Crippen LogP contribution in [-0.2, 0) is 142 Å². The maximum atomic E-state index is 16.2. The molecule has 0 spiro atoms. The lowest BCUT2D eigenvalue weighted by Crippen LogP contribution is -2.68. The number of nitrogens with one attached hydrogen (secondary N) is 2. The van der Waals surface area contributed by atoms with E-state index in [1.165, 1.54) is 116 Å². The maximum absolute atomic E-state index is 16.2. The molecule has 2 fully saturated rings. The molecule has 0 unspecified atom stereocenters. The van der Waals surface area contributed by atoms with E-state index < -0.39 is 124 Å². The number of ether oxygens (including phenoxy) is 12. The van der Waals surface area contributed by atoms with Crippen molar-refractivity contribution < 1.29 is 94.5 Å². The van der Waals surface area contributed by atoms with Crippen molar-refractivity contribution in [3.05, 3.63) is 263 Å². The predicted octanol–water partition coefficient (Wildman–Crippen LogP) is 27.0. The summed E-state index contributed by atoms with van der Waals surface area (Å²) < 4.78 is 104. The Balaban J connectivity index is 1.08. The number of rotatable bonds is 79. The summed E-state index contributed by atoms with van der Waals surface area (Å²) in [6.07, 6.45) is 28.7. The van der Waals surface area contributed by atoms with Crippen LogP contribution in [-0.4, -0.2) is 129 Å². The third-order valence-electron chi connectivity index (χ3n) is 27.5. The van der Waals surface area contributed by atoms with E-state index in [1.54, 1.807) is 6.08 Å². The molecule has 0 aromatic heterocycles. The van der Waals surface area contributed by atoms with E-state index in [1.807, 2.05) is 206 Å². The minimum absolute atomic E-state index is 0.0542. The van der Waals surface area contributed by atoms with Crippen LogP contribution in [0.1, 0.15) is 355 Å². The van der Waals surface area contributed by atoms with Crippen molar-refractivity contribution >= 4 is 31.9 Å². The Kier molecular flexibility index (Phi) is 59.3. The lowest BCUT2D eigenvalue weighted by Gasteiger charge is -2.48. The van der Waals surface area contributed by atoms with Crippen LogP contribution in [0.3, 0.4) is 0 Å². The summed E-state index contributed by atoms with van der Waals surface area (Å²) >= 11 is 0. The highest BCUT2D eigenvalue weighted by Crippen LogP contribution is 2.59. The summed E-state index contributed by atoms with van der Waals surface area (Å²) in [5.74, 6) is -2.28. The molecule has 2 N–H and O–H groups in total. The van der Waals surface area contributed by atoms with E-state index in [9.17, 15) is 0 Å². The van der Waals surface area contributed by atoms with Gasteiger partial charge in [-0.2, -0.15) is 13.6 Å². The fourth-order valence-electron chi connectivity index (χ4n) is 19.2. The van der Waals surface area contributed by atoms with Gasteiger partial charge in [0, 0.05) is 0 Å². The van der Waals surface area contributed by atoms with E-state index in [4.69, 9.17) is 70.4 Å². The van der Waals surface area contributed by atoms with Gasteiger partial charge in [-0.15, -0.1) is 6.58 Å². The van der Waals surface area contributed by atoms with Gasteiger partial charge in [0.05, 0.1) is 110 Å². The predicted molar refractivity (Wildman–Crippen MR) is 568 cm³/mol. The second kappa shape index (κ2) is 72.4. The Morgan fingerprint density at radius 2 is 0.625 bits per heavy atom. The largest absolute Gasteiger partial charge is 0.606 e. The standard InChI is InChI=1S/C121H175N2O20P/c1-6-11-15-19-23-27-31-35-57-77-104(131-87-97-65-47-40-48-66-97)82-110(124)122-114-118(141-112(126)84-106(133-89-99-69-51-42-52-70-99)79-59-37-33-29-25-21-17-13-8-3)116(135-91-101-73-55-44-56-74-101)109(140-120(114)130-81-10-5)95-136-121-115(123-111(125)83-105(132-88-98-67-49-41-50-68-98)78-58-36-32-28-24-20-16-12-7-2)119(142-113(127)85-107(134-90-100-71-53-43-54-72-100)80-60-38-34-30-26-22-18-14-9-4)117(108(139-121)94-129-86-96-63-45-39-46-64-96)143-144(128)137-92-102-75-61-62-76-103(102)93-138-144/h10,39-56,61-76,104-109,114-121H,5-9,11-38,57-60,77-95H2,1-4H3,(H,122,124)(H,123,125)/t104-,105-,106-,107-,108-,109-,114-,115-,116-,117-,118-,119-,120+,121-/m1/s1. The van der Waals surface area contributed by atoms with Gasteiger partial charge >= 0.3 is 20.1 Å². The van der Waals surface area contributed by atoms with E-state index in [0.717, 1.165) is 160 Å². The summed E-state index contributed by atoms with van der Waals surface area (Å²) in [5, 5.41) is 6.67. The smallest absolute Gasteiger partial charge is 0.380 e. The van der Waals surface area contributed by atoms with Crippen molar-refractivity contribution in [2.75, 3.05) is 19.8 Å². The number of phosphoric acid groups is 1. The van der Waals surface area contributed by atoms with Crippen LogP contribution >= 0.6 is 8.17 Å². The number of fused-ring (bicyclic) bond motifs is 1. The lowest BCUT2D eigenvalue weighted by molar-refractivity contribution is -0.316. The van der Waals surface area contributed by atoms with E-state index >= 15 is 24.1 Å². The number of carbonyl (C=O) groups is 4. The highest BCUT2D eigenvalue weighted by atomic mass is 31.2. The van der Waals surface area contributed by atoms with Gasteiger partial charge in [-0.1, -0.05) is 471 Å². The number of unbranched alkanes of at least 4 members (excludes halogenated alkanes) is 32. The first-order valence-corrected chi connectivity index (χ1v) is 56.9. The first-order chi connectivity index (χ1) is 70.8. The van der Waals surface area contributed by atoms with Crippen LogP contribution < -0.4 is 15.5 Å². The average molecular weight is 2010 g/mol. The Morgan fingerprint density at radius 3 is 0.958 bits per heavy atom. The molecule has 0 bridgehead atoms. The molecule has 10 rings (SSSR count). The molecule has 7 aromatic rings. The zero-order valence-electron chi connectivity index (χ0n) is 87.5. The molecule has 3 aliphatic rings. The average Bonchev–Trinajstić information content (AvgIpc) is 0.859. The SMILES string of the molecule is C=CCO[C@H]1O[C@H](CO[C@@H]2O[C@H](COCc3ccccc3)[C@@H](O[P+]3([O-])OCc4ccccc4CO3)[C@H](OC(=O)C[C@@H](CCCCCCCCCCC)OCc3ccccc3)[C@H]2NC(=O)C[C@@H](CCCCCCCCCCC)OCc2ccccc2)[C@@H](OCc2ccccc2)[C@H](OC(=O)C[C@@H](CCCCCCCCCCC)OCc2ccccc2)[C@H]1NC(=O)C[C@@H](CCCCCCCCCCC)OCc1ccccc1. The fourth-order valence-corrected chi connectivity index (χ4v) is 20.5. The molecule has 0 radical (unpaired) electrons. The molecule has 7 aromatic carbocycles. The van der Waals surface area contributed by atoms with Gasteiger partial charge in [0.2, 0.25) is 11.8 Å². The molecule has 0 saturated carbocycles. The topological polar surface area (TPSA) is 254 Å². The Morgan fingerprint density at radius 1 is 0.340 bits per heavy atom. The highest BCUT2D eigenvalue weighted by Gasteiger charge is 2.57. The number of carbonyl (C=O) groups excluding carboxylic acids is 4. The molecule has 2 amide bonds. The summed E-state index contributed by atoms with van der Waals surface area (Å²) in [6, 6.07) is 63.4. The lowest BCUT2D eigenvalue weighted by atomic mass is 9.94. The molecule has 23 heteroatoms. The van der Waals surface area contributed by atoms with E-state index in [0.29, 0.717) is 25.7 Å². The molecule has 2 saturated heterocycles. The third-order valence-corrected chi connectivity index (χ3v) is 28.9. The van der Waals surface area contributed by atoms with Crippen LogP contribution in [0.2, 0.25) is 0 Å². The third kappa shape index (κ3) is 47.3. The zero-order chi connectivity index (χ0) is 101. The Labute approximate surface area is 864 Å². The second-order valence-electron chi connectivity index (χ2n) is 39.7. The first-order valence-electron chi connectivity index (χ1n) is 55.4. The van der Waals surface area contributed by atoms with Gasteiger partial charge in [0.15, 0.2) is 30.9 Å². The Hall–Kier alpha value is -7.97. The summed E-state index contributed by atoms with van der Waals surface area (Å²) in [5.41, 5.74) is 6.79. The van der Waals surface area contributed by atoms with Crippen molar-refractivity contribution in [3.8, 4) is 0 Å². The molecule has 3 heterocycles. The van der Waals surface area contributed by atoms with Crippen molar-refractivity contribution in [1.29, 1.82) is 0 Å². The van der Waals surface area contributed by atoms with Gasteiger partial charge in [-0.25, -0.2) is 0 Å². The van der Waals surface area contributed by atoms with Gasteiger partial charge < -0.3 is 72.4 Å². The molecule has 3 aliphatic heterocycles. The van der Waals surface area contributed by atoms with Crippen LogP contribution in [0.25, 0.3) is 0 Å². The van der Waals surface area contributed by atoms with Crippen LogP contribution in [0.15, 0.2) is 219 Å². The first kappa shape index (κ1) is 118. The fraction of sp³-hybridized carbons (Fsp3) is 0.603. The monoisotopic (exact) mass is 2010 g/mol. The number of hydrogen-bond donors (Lipinski definition) is 2. The van der Waals surface area contributed by atoms with Crippen molar-refractivity contribution in [2.45, 2.75) is 449 Å². The highest BCUT2D eigenvalue weighted by molar-refractivity contribution is 7.54. The molecular formula is C121H175N2O20P. The Bertz CT molecular complexity index is 4450. The van der Waals surface area contributed by atoms with Crippen LogP contribution in [0.5, 0.6) is 0 Å². The molecule has 14 atom stereocenters. The van der Waals surface area contributed by atoms with E-state index in [-0.39, 0.29) is 91.8 Å². The number of phosphoric ester groups is 1. The van der Waals surface area contributed by atoms with E-state index in [2.05, 4.69) is 44.9 Å². The van der Waals surface area contributed by atoms with Crippen molar-refractivity contribution in [2.24, 2.45) is 0 Å². The zero-order valence-corrected chi connectivity index (χ0v) is 88.4. The van der Waals surface area contributed by atoms with Gasteiger partial charge in [0.25, 0.3) is 0 Å². The van der Waals surface area contributed by atoms with Crippen molar-refractivity contribution in [3.63, 3.8) is 0 Å². The van der Waals surface area contributed by atoms with Gasteiger partial charge in [-0.3, -0.25) is 19.2 Å². The molecule has 144 heavy (non-hydrogen) atoms. The van der Waals surface area contributed by atoms with Gasteiger partial charge in [-0.05, 0) is 70.2 Å². The summed E-state index contributed by atoms with van der Waals surface area (Å²) in [7, 11) is -4.77. The van der Waals surface area contributed by atoms with Crippen molar-refractivity contribution in [1.82, 2.24) is 10.6 Å².